The van der Waals surface area contributed by atoms with E-state index in [1.54, 1.807) is 0 Å². The summed E-state index contributed by atoms with van der Waals surface area (Å²) in [5.41, 5.74) is 10.6. The quantitative estimate of drug-likeness (QED) is 0.157. The topological polar surface area (TPSA) is 252 Å². The molecule has 0 saturated carbocycles. The molecule has 2 rings (SSSR count). The van der Waals surface area contributed by atoms with E-state index in [0.29, 0.717) is 0 Å². The van der Waals surface area contributed by atoms with Crippen LogP contribution in [-0.4, -0.2) is 104 Å². The monoisotopic (exact) mass is 474 g/mol. The van der Waals surface area contributed by atoms with Gasteiger partial charge < -0.3 is 46.7 Å². The summed E-state index contributed by atoms with van der Waals surface area (Å²) in [4.78, 5) is 59.4. The lowest BCUT2D eigenvalue weighted by Gasteiger charge is -2.30. The molecule has 1 saturated heterocycles. The smallest absolute Gasteiger partial charge is 0.404 e. The standard InChI is InChI=1S/C18H26N4O11/c1-6-4-22(10(25)3-9(6)24)16-13(27)12(26)14(33-16)11(17(29)30)21-15(28)8(19)2-7(23)5-32-18(20)31/h4,7-8,11-14,16,23,26-27H,2-3,5,19H2,1H3,(H2,20,31)(H,21,28)(H,29,30). The van der Waals surface area contributed by atoms with Gasteiger partial charge in [-0.3, -0.25) is 19.3 Å². The van der Waals surface area contributed by atoms with Crippen molar-refractivity contribution < 1.29 is 53.9 Å². The Balaban J connectivity index is 2.10. The van der Waals surface area contributed by atoms with E-state index in [1.165, 1.54) is 6.92 Å². The van der Waals surface area contributed by atoms with Gasteiger partial charge in [0, 0.05) is 18.2 Å². The number of carboxylic acid groups (broad SMARTS) is 1. The zero-order valence-corrected chi connectivity index (χ0v) is 17.5. The first-order valence-electron chi connectivity index (χ1n) is 9.76. The van der Waals surface area contributed by atoms with Crippen LogP contribution >= 0.6 is 0 Å². The molecule has 0 radical (unpaired) electrons. The molecule has 15 nitrogen and oxygen atoms in total. The largest absolute Gasteiger partial charge is 0.480 e. The van der Waals surface area contributed by atoms with Gasteiger partial charge in [0.1, 0.15) is 24.9 Å². The van der Waals surface area contributed by atoms with Gasteiger partial charge in [0.15, 0.2) is 18.1 Å². The highest BCUT2D eigenvalue weighted by atomic mass is 16.6. The molecule has 0 aromatic rings. The lowest BCUT2D eigenvalue weighted by Crippen LogP contribution is -2.56. The Morgan fingerprint density at radius 3 is 2.52 bits per heavy atom. The van der Waals surface area contributed by atoms with Crippen molar-refractivity contribution in [2.75, 3.05) is 6.61 Å². The average Bonchev–Trinajstić information content (AvgIpc) is 3.01. The van der Waals surface area contributed by atoms with Crippen LogP contribution < -0.4 is 16.8 Å². The molecule has 184 valence electrons. The third-order valence-electron chi connectivity index (χ3n) is 5.09. The molecule has 1 fully saturated rings. The summed E-state index contributed by atoms with van der Waals surface area (Å²) in [5, 5.41) is 42.0. The van der Waals surface area contributed by atoms with Crippen LogP contribution in [0.1, 0.15) is 19.8 Å². The minimum Gasteiger partial charge on any atom is -0.480 e. The fraction of sp³-hybridized carbons (Fsp3) is 0.611. The fourth-order valence-corrected chi connectivity index (χ4v) is 3.32. The van der Waals surface area contributed by atoms with Crippen molar-refractivity contribution in [3.05, 3.63) is 11.8 Å². The van der Waals surface area contributed by atoms with Crippen molar-refractivity contribution >= 4 is 29.7 Å². The number of nitrogens with two attached hydrogens (primary N) is 2. The Labute approximate surface area is 186 Å². The lowest BCUT2D eigenvalue weighted by atomic mass is 10.0. The van der Waals surface area contributed by atoms with Crippen molar-refractivity contribution in [1.82, 2.24) is 10.2 Å². The first-order valence-corrected chi connectivity index (χ1v) is 9.76. The Kier molecular flexibility index (Phi) is 8.45. The van der Waals surface area contributed by atoms with E-state index in [1.807, 2.05) is 0 Å². The average molecular weight is 474 g/mol. The molecule has 2 aliphatic heterocycles. The van der Waals surface area contributed by atoms with Crippen LogP contribution in [0.25, 0.3) is 0 Å². The molecular formula is C18H26N4O11. The van der Waals surface area contributed by atoms with Crippen LogP contribution in [-0.2, 0) is 28.7 Å². The predicted molar refractivity (Wildman–Crippen MR) is 105 cm³/mol. The number of ether oxygens (including phenoxy) is 2. The molecule has 7 unspecified atom stereocenters. The number of carboxylic acids is 1. The number of carbonyl (C=O) groups is 5. The highest BCUT2D eigenvalue weighted by molar-refractivity contribution is 6.09. The second kappa shape index (κ2) is 10.7. The SMILES string of the molecule is CC1=CN(C2OC(C(NC(=O)C(N)CC(O)COC(N)=O)C(=O)O)C(O)C2O)C(=O)CC1=O. The molecule has 0 spiro atoms. The van der Waals surface area contributed by atoms with E-state index < -0.39 is 91.8 Å². The van der Waals surface area contributed by atoms with Crippen LogP contribution in [0.15, 0.2) is 11.8 Å². The van der Waals surface area contributed by atoms with Gasteiger partial charge >= 0.3 is 12.1 Å². The zero-order valence-electron chi connectivity index (χ0n) is 17.5. The number of carbonyl (C=O) groups excluding carboxylic acids is 4. The summed E-state index contributed by atoms with van der Waals surface area (Å²) in [5.74, 6) is -3.86. The number of allylic oxidation sites excluding steroid dienone is 1. The number of aliphatic hydroxyl groups is 3. The van der Waals surface area contributed by atoms with Gasteiger partial charge in [-0.15, -0.1) is 0 Å². The molecule has 0 aromatic heterocycles. The van der Waals surface area contributed by atoms with Crippen molar-refractivity contribution in [2.45, 2.75) is 62.5 Å². The number of hydrogen-bond acceptors (Lipinski definition) is 11. The summed E-state index contributed by atoms with van der Waals surface area (Å²) >= 11 is 0. The third kappa shape index (κ3) is 6.23. The molecule has 2 heterocycles. The van der Waals surface area contributed by atoms with Crippen LogP contribution in [0, 0.1) is 0 Å². The first-order chi connectivity index (χ1) is 15.3. The van der Waals surface area contributed by atoms with Crippen molar-refractivity contribution in [3.63, 3.8) is 0 Å². The van der Waals surface area contributed by atoms with Gasteiger partial charge in [-0.05, 0) is 6.92 Å². The summed E-state index contributed by atoms with van der Waals surface area (Å²) in [6, 6.07) is -3.35. The van der Waals surface area contributed by atoms with E-state index in [9.17, 15) is 44.4 Å². The number of hydrogen-bond donors (Lipinski definition) is 7. The minimum absolute atomic E-state index is 0.191. The molecule has 2 aliphatic rings. The van der Waals surface area contributed by atoms with E-state index >= 15 is 0 Å². The van der Waals surface area contributed by atoms with Gasteiger partial charge in [-0.2, -0.15) is 0 Å². The fourth-order valence-electron chi connectivity index (χ4n) is 3.32. The molecule has 0 aromatic carbocycles. The minimum atomic E-state index is -1.90. The maximum Gasteiger partial charge on any atom is 0.404 e. The van der Waals surface area contributed by atoms with Crippen LogP contribution in [0.4, 0.5) is 4.79 Å². The van der Waals surface area contributed by atoms with Crippen LogP contribution in [0.2, 0.25) is 0 Å². The van der Waals surface area contributed by atoms with Gasteiger partial charge in [0.05, 0.1) is 18.6 Å². The molecule has 9 N–H and O–H groups in total. The maximum atomic E-state index is 12.3. The highest BCUT2D eigenvalue weighted by Gasteiger charge is 2.52. The number of primary amides is 1. The molecular weight excluding hydrogens is 448 g/mol. The van der Waals surface area contributed by atoms with E-state index in [4.69, 9.17) is 16.2 Å². The Morgan fingerprint density at radius 2 is 1.94 bits per heavy atom. The van der Waals surface area contributed by atoms with Gasteiger partial charge in [0.2, 0.25) is 11.8 Å². The molecule has 7 atom stereocenters. The van der Waals surface area contributed by atoms with Gasteiger partial charge in [0.25, 0.3) is 0 Å². The van der Waals surface area contributed by atoms with Crippen LogP contribution in [0.3, 0.4) is 0 Å². The Hall–Kier alpha value is -3.11. The number of Topliss-reactive ketones (excluding diaryl/α,β-unsaturated/α-hetero) is 1. The Morgan fingerprint density at radius 1 is 1.30 bits per heavy atom. The maximum absolute atomic E-state index is 12.3. The van der Waals surface area contributed by atoms with Gasteiger partial charge in [-0.25, -0.2) is 9.59 Å². The van der Waals surface area contributed by atoms with Crippen LogP contribution in [0.5, 0.6) is 0 Å². The van der Waals surface area contributed by atoms with E-state index in [0.717, 1.165) is 11.1 Å². The summed E-state index contributed by atoms with van der Waals surface area (Å²) in [7, 11) is 0. The van der Waals surface area contributed by atoms with Crippen molar-refractivity contribution in [3.8, 4) is 0 Å². The van der Waals surface area contributed by atoms with Crippen molar-refractivity contribution in [2.24, 2.45) is 11.5 Å². The summed E-state index contributed by atoms with van der Waals surface area (Å²) < 4.78 is 9.79. The third-order valence-corrected chi connectivity index (χ3v) is 5.09. The second-order valence-electron chi connectivity index (χ2n) is 7.64. The highest BCUT2D eigenvalue weighted by Crippen LogP contribution is 2.29. The summed E-state index contributed by atoms with van der Waals surface area (Å²) in [6.45, 7) is 0.887. The second-order valence-corrected chi connectivity index (χ2v) is 7.64. The molecule has 0 bridgehead atoms. The number of amides is 3. The number of nitrogens with zero attached hydrogens (tertiary/aromatic N) is 1. The predicted octanol–water partition coefficient (Wildman–Crippen LogP) is -4.12. The molecule has 3 amide bonds. The molecule has 33 heavy (non-hydrogen) atoms. The van der Waals surface area contributed by atoms with Gasteiger partial charge in [-0.1, -0.05) is 0 Å². The number of aliphatic carboxylic acids is 1. The number of aliphatic hydroxyl groups excluding tert-OH is 3. The number of rotatable bonds is 9. The number of nitrogens with one attached hydrogen (secondary N) is 1. The zero-order chi connectivity index (χ0) is 25.0. The first kappa shape index (κ1) is 26.1. The van der Waals surface area contributed by atoms with Crippen molar-refractivity contribution in [1.29, 1.82) is 0 Å². The number of ketones is 1. The lowest BCUT2D eigenvalue weighted by molar-refractivity contribution is -0.155. The summed E-state index contributed by atoms with van der Waals surface area (Å²) in [6.07, 6.45) is -9.11. The van der Waals surface area contributed by atoms with E-state index in [-0.39, 0.29) is 5.57 Å². The normalized spacial score (nSPS) is 28.0. The molecule has 15 heteroatoms. The molecule has 0 aliphatic carbocycles. The Bertz CT molecular complexity index is 847. The van der Waals surface area contributed by atoms with E-state index in [2.05, 4.69) is 10.1 Å².